The Kier molecular flexibility index (Phi) is 3.04. The van der Waals surface area contributed by atoms with Gasteiger partial charge in [0.2, 0.25) is 0 Å². The van der Waals surface area contributed by atoms with Gasteiger partial charge in [-0.05, 0) is 59.5 Å². The summed E-state index contributed by atoms with van der Waals surface area (Å²) in [6, 6.07) is 11.0. The van der Waals surface area contributed by atoms with Crippen molar-refractivity contribution in [3.8, 4) is 0 Å². The standard InChI is InChI=1S/C17H17N3S/c18-13-1-4-15-16(9-13)19-7-5-17(15)20(14-2-3-14)10-12-6-8-21-11-12/h1,4-9,11,14H,2-3,10,18H2. The molecule has 2 aromatic heterocycles. The van der Waals surface area contributed by atoms with Crippen molar-refractivity contribution in [3.05, 3.63) is 52.9 Å². The van der Waals surface area contributed by atoms with Gasteiger partial charge in [0, 0.05) is 35.5 Å². The van der Waals surface area contributed by atoms with Crippen molar-refractivity contribution in [2.75, 3.05) is 10.6 Å². The fraction of sp³-hybridized carbons (Fsp3) is 0.235. The van der Waals surface area contributed by atoms with Crippen molar-refractivity contribution in [1.29, 1.82) is 0 Å². The monoisotopic (exact) mass is 295 g/mol. The van der Waals surface area contributed by atoms with E-state index < -0.39 is 0 Å². The Hall–Kier alpha value is -2.07. The lowest BCUT2D eigenvalue weighted by molar-refractivity contribution is 0.800. The minimum Gasteiger partial charge on any atom is -0.399 e. The molecule has 0 spiro atoms. The van der Waals surface area contributed by atoms with Crippen molar-refractivity contribution >= 4 is 33.6 Å². The summed E-state index contributed by atoms with van der Waals surface area (Å²) in [5.41, 5.74) is 10.3. The summed E-state index contributed by atoms with van der Waals surface area (Å²) in [6.07, 6.45) is 4.45. The highest BCUT2D eigenvalue weighted by atomic mass is 32.1. The van der Waals surface area contributed by atoms with E-state index in [4.69, 9.17) is 5.73 Å². The Bertz CT molecular complexity index is 763. The first kappa shape index (κ1) is 12.7. The quantitative estimate of drug-likeness (QED) is 0.738. The number of anilines is 2. The van der Waals surface area contributed by atoms with E-state index in [1.807, 2.05) is 18.3 Å². The predicted molar refractivity (Wildman–Crippen MR) is 89.7 cm³/mol. The van der Waals surface area contributed by atoms with Gasteiger partial charge >= 0.3 is 0 Å². The van der Waals surface area contributed by atoms with Crippen LogP contribution in [-0.2, 0) is 6.54 Å². The summed E-state index contributed by atoms with van der Waals surface area (Å²) in [5, 5.41) is 5.57. The molecule has 3 nitrogen and oxygen atoms in total. The average Bonchev–Trinajstić information content (AvgIpc) is 3.21. The number of thiophene rings is 1. The van der Waals surface area contributed by atoms with Gasteiger partial charge in [0.25, 0.3) is 0 Å². The molecule has 2 N–H and O–H groups in total. The van der Waals surface area contributed by atoms with Crippen LogP contribution < -0.4 is 10.6 Å². The van der Waals surface area contributed by atoms with Gasteiger partial charge in [-0.1, -0.05) is 0 Å². The topological polar surface area (TPSA) is 42.1 Å². The van der Waals surface area contributed by atoms with Gasteiger partial charge < -0.3 is 10.6 Å². The predicted octanol–water partition coefficient (Wildman–Crippen LogP) is 4.05. The van der Waals surface area contributed by atoms with Crippen LogP contribution in [0.2, 0.25) is 0 Å². The van der Waals surface area contributed by atoms with Gasteiger partial charge in [0.15, 0.2) is 0 Å². The molecule has 21 heavy (non-hydrogen) atoms. The number of benzene rings is 1. The lowest BCUT2D eigenvalue weighted by Gasteiger charge is -2.25. The van der Waals surface area contributed by atoms with Gasteiger partial charge in [0.05, 0.1) is 5.52 Å². The zero-order chi connectivity index (χ0) is 14.2. The van der Waals surface area contributed by atoms with Crippen LogP contribution in [0.15, 0.2) is 47.3 Å². The second kappa shape index (κ2) is 5.04. The highest BCUT2D eigenvalue weighted by molar-refractivity contribution is 7.07. The molecule has 1 saturated carbocycles. The van der Waals surface area contributed by atoms with E-state index in [0.29, 0.717) is 6.04 Å². The van der Waals surface area contributed by atoms with Crippen LogP contribution in [0, 0.1) is 0 Å². The molecule has 0 bridgehead atoms. The summed E-state index contributed by atoms with van der Waals surface area (Å²) < 4.78 is 0. The molecule has 1 aliphatic rings. The third-order valence-electron chi connectivity index (χ3n) is 3.97. The molecule has 1 aromatic carbocycles. The summed E-state index contributed by atoms with van der Waals surface area (Å²) in [4.78, 5) is 6.97. The number of nitrogen functional groups attached to an aromatic ring is 1. The van der Waals surface area contributed by atoms with Crippen LogP contribution in [0.25, 0.3) is 10.9 Å². The van der Waals surface area contributed by atoms with Gasteiger partial charge in [-0.25, -0.2) is 0 Å². The summed E-state index contributed by atoms with van der Waals surface area (Å²) in [6.45, 7) is 0.970. The van der Waals surface area contributed by atoms with Crippen molar-refractivity contribution in [1.82, 2.24) is 4.98 Å². The molecule has 0 aliphatic heterocycles. The highest BCUT2D eigenvalue weighted by Crippen LogP contribution is 2.37. The maximum Gasteiger partial charge on any atom is 0.0743 e. The number of fused-ring (bicyclic) bond motifs is 1. The Balaban J connectivity index is 1.78. The van der Waals surface area contributed by atoms with E-state index in [2.05, 4.69) is 38.8 Å². The van der Waals surface area contributed by atoms with Crippen LogP contribution in [0.1, 0.15) is 18.4 Å². The summed E-state index contributed by atoms with van der Waals surface area (Å²) in [5.74, 6) is 0. The van der Waals surface area contributed by atoms with E-state index in [-0.39, 0.29) is 0 Å². The molecular formula is C17H17N3S. The van der Waals surface area contributed by atoms with Gasteiger partial charge in [0.1, 0.15) is 0 Å². The lowest BCUT2D eigenvalue weighted by atomic mass is 10.1. The number of hydrogen-bond acceptors (Lipinski definition) is 4. The molecular weight excluding hydrogens is 278 g/mol. The third-order valence-corrected chi connectivity index (χ3v) is 4.71. The molecule has 0 unspecified atom stereocenters. The molecule has 106 valence electrons. The van der Waals surface area contributed by atoms with Crippen LogP contribution in [0.4, 0.5) is 11.4 Å². The second-order valence-corrected chi connectivity index (χ2v) is 6.38. The summed E-state index contributed by atoms with van der Waals surface area (Å²) in [7, 11) is 0. The molecule has 3 aromatic rings. The Morgan fingerprint density at radius 2 is 2.14 bits per heavy atom. The lowest BCUT2D eigenvalue weighted by Crippen LogP contribution is -2.25. The third kappa shape index (κ3) is 2.47. The smallest absolute Gasteiger partial charge is 0.0743 e. The van der Waals surface area contributed by atoms with E-state index >= 15 is 0 Å². The first-order valence-electron chi connectivity index (χ1n) is 7.23. The number of nitrogens with zero attached hydrogens (tertiary/aromatic N) is 2. The molecule has 0 saturated heterocycles. The average molecular weight is 295 g/mol. The van der Waals surface area contributed by atoms with Crippen molar-refractivity contribution in [2.45, 2.75) is 25.4 Å². The summed E-state index contributed by atoms with van der Waals surface area (Å²) >= 11 is 1.76. The molecule has 1 aliphatic carbocycles. The van der Waals surface area contributed by atoms with E-state index in [0.717, 1.165) is 17.7 Å². The maximum absolute atomic E-state index is 5.88. The molecule has 2 heterocycles. The molecule has 1 fully saturated rings. The van der Waals surface area contributed by atoms with Crippen LogP contribution >= 0.6 is 11.3 Å². The Labute approximate surface area is 128 Å². The van der Waals surface area contributed by atoms with E-state index in [1.54, 1.807) is 11.3 Å². The zero-order valence-corrected chi connectivity index (χ0v) is 12.5. The van der Waals surface area contributed by atoms with Crippen LogP contribution in [-0.4, -0.2) is 11.0 Å². The second-order valence-electron chi connectivity index (χ2n) is 5.60. The van der Waals surface area contributed by atoms with Crippen molar-refractivity contribution in [3.63, 3.8) is 0 Å². The molecule has 0 atom stereocenters. The fourth-order valence-corrected chi connectivity index (χ4v) is 3.44. The number of rotatable bonds is 4. The zero-order valence-electron chi connectivity index (χ0n) is 11.7. The maximum atomic E-state index is 5.88. The first-order chi connectivity index (χ1) is 10.3. The van der Waals surface area contributed by atoms with Crippen LogP contribution in [0.5, 0.6) is 0 Å². The van der Waals surface area contributed by atoms with Gasteiger partial charge in [-0.3, -0.25) is 4.98 Å². The fourth-order valence-electron chi connectivity index (χ4n) is 2.78. The molecule has 4 heteroatoms. The van der Waals surface area contributed by atoms with Crippen LogP contribution in [0.3, 0.4) is 0 Å². The SMILES string of the molecule is Nc1ccc2c(N(Cc3ccsc3)C3CC3)ccnc2c1. The largest absolute Gasteiger partial charge is 0.399 e. The molecule has 4 rings (SSSR count). The first-order valence-corrected chi connectivity index (χ1v) is 8.17. The van der Waals surface area contributed by atoms with Gasteiger partial charge in [-0.2, -0.15) is 11.3 Å². The number of nitrogens with two attached hydrogens (primary N) is 1. The minimum atomic E-state index is 0.660. The van der Waals surface area contributed by atoms with Crippen molar-refractivity contribution < 1.29 is 0 Å². The number of pyridine rings is 1. The van der Waals surface area contributed by atoms with E-state index in [9.17, 15) is 0 Å². The Morgan fingerprint density at radius 3 is 2.90 bits per heavy atom. The normalized spacial score (nSPS) is 14.5. The number of aromatic nitrogens is 1. The van der Waals surface area contributed by atoms with E-state index in [1.165, 1.54) is 29.5 Å². The minimum absolute atomic E-state index is 0.660. The van der Waals surface area contributed by atoms with Gasteiger partial charge in [-0.15, -0.1) is 0 Å². The van der Waals surface area contributed by atoms with Crippen molar-refractivity contribution in [2.24, 2.45) is 0 Å². The number of hydrogen-bond donors (Lipinski definition) is 1. The molecule has 0 amide bonds. The highest BCUT2D eigenvalue weighted by Gasteiger charge is 2.30. The Morgan fingerprint density at radius 1 is 1.24 bits per heavy atom. The molecule has 0 radical (unpaired) electrons.